The van der Waals surface area contributed by atoms with Crippen molar-refractivity contribution >= 4 is 51.9 Å². The van der Waals surface area contributed by atoms with E-state index in [9.17, 15) is 24.8 Å². The first-order chi connectivity index (χ1) is 14.7. The molecule has 0 unspecified atom stereocenters. The van der Waals surface area contributed by atoms with Crippen LogP contribution in [0, 0.1) is 17.0 Å². The summed E-state index contributed by atoms with van der Waals surface area (Å²) in [5.74, 6) is -0.787. The van der Waals surface area contributed by atoms with Crippen LogP contribution in [0.5, 0.6) is 0 Å². The molecule has 0 saturated carbocycles. The smallest absolute Gasteiger partial charge is 0.326 e. The van der Waals surface area contributed by atoms with E-state index in [1.807, 2.05) is 6.92 Å². The van der Waals surface area contributed by atoms with Gasteiger partial charge in [0.05, 0.1) is 9.83 Å². The molecule has 8 nitrogen and oxygen atoms in total. The Morgan fingerprint density at radius 1 is 1.39 bits per heavy atom. The van der Waals surface area contributed by atoms with E-state index < -0.39 is 22.8 Å². The first kappa shape index (κ1) is 22.7. The highest BCUT2D eigenvalue weighted by molar-refractivity contribution is 8.26. The quantitative estimate of drug-likeness (QED) is 0.253. The highest BCUT2D eigenvalue weighted by atomic mass is 32.2. The number of carbonyl (C=O) groups is 2. The van der Waals surface area contributed by atoms with Crippen molar-refractivity contribution in [2.75, 3.05) is 0 Å². The fourth-order valence-electron chi connectivity index (χ4n) is 3.18. The van der Waals surface area contributed by atoms with Crippen LogP contribution in [0.2, 0.25) is 0 Å². The minimum atomic E-state index is -1.09. The minimum absolute atomic E-state index is 0.0110. The van der Waals surface area contributed by atoms with Crippen molar-refractivity contribution in [1.82, 2.24) is 4.90 Å². The molecular weight excluding hydrogens is 440 g/mol. The zero-order valence-corrected chi connectivity index (χ0v) is 18.5. The van der Waals surface area contributed by atoms with Crippen molar-refractivity contribution in [3.05, 3.63) is 56.7 Å². The molecule has 10 heteroatoms. The zero-order chi connectivity index (χ0) is 22.7. The summed E-state index contributed by atoms with van der Waals surface area (Å²) in [5.41, 5.74) is 1.07. The van der Waals surface area contributed by atoms with Gasteiger partial charge in [0.25, 0.3) is 11.6 Å². The number of thiocarbonyl (C=S) groups is 1. The van der Waals surface area contributed by atoms with Gasteiger partial charge < -0.3 is 9.52 Å². The third-order valence-electron chi connectivity index (χ3n) is 4.84. The Labute approximate surface area is 188 Å². The molecule has 0 bridgehead atoms. The number of hydrogen-bond donors (Lipinski definition) is 1. The largest absolute Gasteiger partial charge is 0.480 e. The number of carboxylic acids is 1. The normalized spacial score (nSPS) is 16.2. The Balaban J connectivity index is 1.85. The Kier molecular flexibility index (Phi) is 6.91. The lowest BCUT2D eigenvalue weighted by Crippen LogP contribution is -2.43. The van der Waals surface area contributed by atoms with E-state index in [-0.39, 0.29) is 14.9 Å². The molecule has 1 aliphatic rings. The fraction of sp³-hybridized carbons (Fsp3) is 0.286. The lowest BCUT2D eigenvalue weighted by atomic mass is 10.1. The first-order valence-corrected chi connectivity index (χ1v) is 10.8. The number of furan rings is 1. The van der Waals surface area contributed by atoms with Crippen molar-refractivity contribution in [3.8, 4) is 11.3 Å². The average molecular weight is 461 g/mol. The Bertz CT molecular complexity index is 1090. The number of thioether (sulfide) groups is 1. The van der Waals surface area contributed by atoms with Gasteiger partial charge in [-0.05, 0) is 25.5 Å². The highest BCUT2D eigenvalue weighted by Crippen LogP contribution is 2.36. The number of nitro groups is 1. The van der Waals surface area contributed by atoms with Gasteiger partial charge >= 0.3 is 5.97 Å². The van der Waals surface area contributed by atoms with E-state index >= 15 is 0 Å². The Morgan fingerprint density at radius 2 is 2.13 bits per heavy atom. The second kappa shape index (κ2) is 9.44. The van der Waals surface area contributed by atoms with E-state index in [2.05, 4.69) is 0 Å². The molecule has 1 saturated heterocycles. The molecule has 1 fully saturated rings. The van der Waals surface area contributed by atoms with Crippen molar-refractivity contribution < 1.29 is 24.0 Å². The molecule has 1 amide bonds. The monoisotopic (exact) mass is 460 g/mol. The molecule has 1 N–H and O–H groups in total. The van der Waals surface area contributed by atoms with Gasteiger partial charge in [0, 0.05) is 23.3 Å². The van der Waals surface area contributed by atoms with Crippen LogP contribution >= 0.6 is 24.0 Å². The maximum atomic E-state index is 12.8. The summed E-state index contributed by atoms with van der Waals surface area (Å²) >= 11 is 6.28. The zero-order valence-electron chi connectivity index (χ0n) is 16.9. The van der Waals surface area contributed by atoms with Gasteiger partial charge in [0.1, 0.15) is 21.9 Å². The SMILES string of the molecule is CCCC[C@@H](C(=O)O)N1C(=O)/C(=C/c2ccc(-c3ccc(C)c([N+](=O)[O-])c3)o2)SC1=S. The Morgan fingerprint density at radius 3 is 2.77 bits per heavy atom. The van der Waals surface area contributed by atoms with E-state index in [0.29, 0.717) is 35.5 Å². The van der Waals surface area contributed by atoms with Gasteiger partial charge in [-0.1, -0.05) is 55.9 Å². The highest BCUT2D eigenvalue weighted by Gasteiger charge is 2.40. The maximum absolute atomic E-state index is 12.8. The maximum Gasteiger partial charge on any atom is 0.326 e. The van der Waals surface area contributed by atoms with Gasteiger partial charge in [0.2, 0.25) is 0 Å². The fourth-order valence-corrected chi connectivity index (χ4v) is 4.52. The van der Waals surface area contributed by atoms with Gasteiger partial charge in [-0.15, -0.1) is 0 Å². The minimum Gasteiger partial charge on any atom is -0.480 e. The number of aliphatic carboxylic acids is 1. The molecule has 0 spiro atoms. The van der Waals surface area contributed by atoms with Crippen molar-refractivity contribution in [2.45, 2.75) is 39.2 Å². The van der Waals surface area contributed by atoms with Crippen molar-refractivity contribution in [1.29, 1.82) is 0 Å². The summed E-state index contributed by atoms with van der Waals surface area (Å²) in [6.45, 7) is 3.60. The van der Waals surface area contributed by atoms with Crippen LogP contribution < -0.4 is 0 Å². The summed E-state index contributed by atoms with van der Waals surface area (Å²) in [4.78, 5) is 36.6. The number of rotatable bonds is 8. The molecule has 31 heavy (non-hydrogen) atoms. The van der Waals surface area contributed by atoms with Gasteiger partial charge in [-0.3, -0.25) is 19.8 Å². The molecule has 1 aromatic carbocycles. The molecule has 162 valence electrons. The van der Waals surface area contributed by atoms with E-state index in [1.165, 1.54) is 12.1 Å². The van der Waals surface area contributed by atoms with Crippen LogP contribution in [0.25, 0.3) is 17.4 Å². The molecule has 1 aliphatic heterocycles. The van der Waals surface area contributed by atoms with E-state index in [0.717, 1.165) is 23.1 Å². The molecule has 2 aromatic rings. The number of carbonyl (C=O) groups excluding carboxylic acids is 1. The molecule has 1 atom stereocenters. The number of nitrogens with zero attached hydrogens (tertiary/aromatic N) is 2. The first-order valence-electron chi connectivity index (χ1n) is 9.58. The van der Waals surface area contributed by atoms with Crippen molar-refractivity contribution in [2.24, 2.45) is 0 Å². The topological polar surface area (TPSA) is 114 Å². The molecular formula is C21H20N2O6S2. The Hall–Kier alpha value is -2.98. The van der Waals surface area contributed by atoms with Crippen LogP contribution in [0.4, 0.5) is 5.69 Å². The van der Waals surface area contributed by atoms with E-state index in [1.54, 1.807) is 31.2 Å². The second-order valence-corrected chi connectivity index (χ2v) is 8.68. The van der Waals surface area contributed by atoms with Crippen LogP contribution in [0.3, 0.4) is 0 Å². The van der Waals surface area contributed by atoms with Gasteiger partial charge in [-0.25, -0.2) is 4.79 Å². The summed E-state index contributed by atoms with van der Waals surface area (Å²) in [5, 5.41) is 20.7. The number of unbranched alkanes of at least 4 members (excludes halogenated alkanes) is 1. The summed E-state index contributed by atoms with van der Waals surface area (Å²) in [6.07, 6.45) is 3.30. The number of aryl methyl sites for hydroxylation is 1. The number of hydrogen-bond acceptors (Lipinski definition) is 7. The van der Waals surface area contributed by atoms with Crippen LogP contribution in [-0.4, -0.2) is 37.2 Å². The average Bonchev–Trinajstić information content (AvgIpc) is 3.28. The van der Waals surface area contributed by atoms with Crippen molar-refractivity contribution in [3.63, 3.8) is 0 Å². The third kappa shape index (κ3) is 4.86. The molecule has 1 aromatic heterocycles. The lowest BCUT2D eigenvalue weighted by molar-refractivity contribution is -0.385. The number of amides is 1. The summed E-state index contributed by atoms with van der Waals surface area (Å²) in [7, 11) is 0. The van der Waals surface area contributed by atoms with Crippen LogP contribution in [0.15, 0.2) is 39.7 Å². The summed E-state index contributed by atoms with van der Waals surface area (Å²) in [6, 6.07) is 7.08. The molecule has 0 aliphatic carbocycles. The molecule has 2 heterocycles. The number of benzene rings is 1. The standard InChI is InChI=1S/C21H20N2O6S2/c1-3-4-5-15(20(25)26)22-19(24)18(31-21(22)30)11-14-8-9-17(29-14)13-7-6-12(2)16(10-13)23(27)28/h6-11,15H,3-5H2,1-2H3,(H,25,26)/b18-11-/t15-/m0/s1. The number of nitro benzene ring substituents is 1. The molecule has 0 radical (unpaired) electrons. The van der Waals surface area contributed by atoms with Crippen LogP contribution in [0.1, 0.15) is 37.5 Å². The van der Waals surface area contributed by atoms with Gasteiger partial charge in [0.15, 0.2) is 0 Å². The van der Waals surface area contributed by atoms with Gasteiger partial charge in [-0.2, -0.15) is 0 Å². The summed E-state index contributed by atoms with van der Waals surface area (Å²) < 4.78 is 5.95. The number of carboxylic acid groups (broad SMARTS) is 1. The predicted octanol–water partition coefficient (Wildman–Crippen LogP) is 5.01. The second-order valence-electron chi connectivity index (χ2n) is 7.01. The predicted molar refractivity (Wildman–Crippen MR) is 121 cm³/mol. The van der Waals surface area contributed by atoms with Crippen LogP contribution in [-0.2, 0) is 9.59 Å². The van der Waals surface area contributed by atoms with E-state index in [4.69, 9.17) is 16.6 Å². The third-order valence-corrected chi connectivity index (χ3v) is 6.17. The lowest BCUT2D eigenvalue weighted by Gasteiger charge is -2.22. The molecule has 3 rings (SSSR count).